The van der Waals surface area contributed by atoms with E-state index in [0.717, 1.165) is 25.9 Å². The van der Waals surface area contributed by atoms with E-state index in [1.54, 1.807) is 0 Å². The van der Waals surface area contributed by atoms with Gasteiger partial charge in [0.05, 0.1) is 6.10 Å². The number of hydrogen-bond acceptors (Lipinski definition) is 3. The fraction of sp³-hybridized carbons (Fsp3) is 0.938. The van der Waals surface area contributed by atoms with Crippen molar-refractivity contribution >= 4 is 5.97 Å². The molecule has 20 heavy (non-hydrogen) atoms. The first-order valence-corrected chi connectivity index (χ1v) is 8.13. The summed E-state index contributed by atoms with van der Waals surface area (Å²) in [7, 11) is 0. The molecule has 0 aliphatic heterocycles. The first-order chi connectivity index (χ1) is 9.50. The lowest BCUT2D eigenvalue weighted by Crippen LogP contribution is -2.58. The molecule has 1 fully saturated rings. The molecule has 0 heterocycles. The van der Waals surface area contributed by atoms with Gasteiger partial charge in [-0.15, -0.1) is 0 Å². The lowest BCUT2D eigenvalue weighted by atomic mass is 9.79. The molecule has 2 atom stereocenters. The Hall–Kier alpha value is -0.610. The minimum Gasteiger partial charge on any atom is -0.480 e. The van der Waals surface area contributed by atoms with Crippen molar-refractivity contribution in [3.8, 4) is 0 Å². The van der Waals surface area contributed by atoms with Gasteiger partial charge >= 0.3 is 5.97 Å². The standard InChI is InChI=1S/C16H31NO3/c1-4-5-6-7-11-20-14-9-8-10-16(12-14,15(18)19)17-13(2)3/h13-14,17H,4-12H2,1-3H3,(H,18,19). The van der Waals surface area contributed by atoms with Crippen LogP contribution in [0, 0.1) is 0 Å². The maximum absolute atomic E-state index is 11.7. The Morgan fingerprint density at radius 2 is 2.15 bits per heavy atom. The molecular formula is C16H31NO3. The second-order valence-electron chi connectivity index (χ2n) is 6.34. The van der Waals surface area contributed by atoms with Gasteiger partial charge in [-0.05, 0) is 39.5 Å². The van der Waals surface area contributed by atoms with Crippen molar-refractivity contribution in [2.45, 2.75) is 89.8 Å². The maximum atomic E-state index is 11.7. The van der Waals surface area contributed by atoms with Crippen LogP contribution in [0.5, 0.6) is 0 Å². The van der Waals surface area contributed by atoms with Gasteiger partial charge in [0.2, 0.25) is 0 Å². The zero-order valence-electron chi connectivity index (χ0n) is 13.3. The summed E-state index contributed by atoms with van der Waals surface area (Å²) < 4.78 is 5.91. The summed E-state index contributed by atoms with van der Waals surface area (Å²) in [4.78, 5) is 11.7. The zero-order valence-corrected chi connectivity index (χ0v) is 13.3. The number of rotatable bonds is 9. The molecule has 0 aromatic carbocycles. The van der Waals surface area contributed by atoms with Crippen molar-refractivity contribution in [2.75, 3.05) is 6.61 Å². The van der Waals surface area contributed by atoms with Crippen LogP contribution in [-0.2, 0) is 9.53 Å². The number of nitrogens with one attached hydrogen (secondary N) is 1. The topological polar surface area (TPSA) is 58.6 Å². The third kappa shape index (κ3) is 5.41. The molecule has 1 rings (SSSR count). The average Bonchev–Trinajstić information content (AvgIpc) is 2.38. The largest absolute Gasteiger partial charge is 0.480 e. The second kappa shape index (κ2) is 8.63. The number of aliphatic carboxylic acids is 1. The summed E-state index contributed by atoms with van der Waals surface area (Å²) in [6, 6.07) is 0.175. The SMILES string of the molecule is CCCCCCOC1CCCC(NC(C)C)(C(=O)O)C1. The Bertz CT molecular complexity index is 293. The number of carbonyl (C=O) groups is 1. The van der Waals surface area contributed by atoms with Gasteiger partial charge in [0.25, 0.3) is 0 Å². The third-order valence-electron chi connectivity index (χ3n) is 4.03. The predicted molar refractivity (Wildman–Crippen MR) is 81.0 cm³/mol. The van der Waals surface area contributed by atoms with Crippen molar-refractivity contribution < 1.29 is 14.6 Å². The van der Waals surface area contributed by atoms with E-state index in [0.29, 0.717) is 12.8 Å². The van der Waals surface area contributed by atoms with E-state index in [2.05, 4.69) is 12.2 Å². The molecule has 0 bridgehead atoms. The van der Waals surface area contributed by atoms with Gasteiger partial charge in [0.1, 0.15) is 5.54 Å². The van der Waals surface area contributed by atoms with Crippen molar-refractivity contribution in [3.05, 3.63) is 0 Å². The van der Waals surface area contributed by atoms with Crippen LogP contribution >= 0.6 is 0 Å². The molecule has 1 aliphatic carbocycles. The molecule has 0 aromatic rings. The van der Waals surface area contributed by atoms with Crippen LogP contribution < -0.4 is 5.32 Å². The number of unbranched alkanes of at least 4 members (excludes halogenated alkanes) is 3. The molecule has 1 saturated carbocycles. The van der Waals surface area contributed by atoms with Crippen LogP contribution in [0.25, 0.3) is 0 Å². The van der Waals surface area contributed by atoms with Gasteiger partial charge in [-0.2, -0.15) is 0 Å². The minimum absolute atomic E-state index is 0.0905. The first-order valence-electron chi connectivity index (χ1n) is 8.13. The third-order valence-corrected chi connectivity index (χ3v) is 4.03. The van der Waals surface area contributed by atoms with Crippen molar-refractivity contribution in [2.24, 2.45) is 0 Å². The highest BCUT2D eigenvalue weighted by Crippen LogP contribution is 2.31. The molecule has 0 amide bonds. The Kier molecular flexibility index (Phi) is 7.52. The predicted octanol–water partition coefficient (Wildman–Crippen LogP) is 3.35. The van der Waals surface area contributed by atoms with Gasteiger partial charge in [-0.3, -0.25) is 10.1 Å². The van der Waals surface area contributed by atoms with E-state index in [1.807, 2.05) is 13.8 Å². The van der Waals surface area contributed by atoms with Crippen LogP contribution in [-0.4, -0.2) is 35.4 Å². The van der Waals surface area contributed by atoms with Crippen LogP contribution in [0.15, 0.2) is 0 Å². The molecule has 4 nitrogen and oxygen atoms in total. The summed E-state index contributed by atoms with van der Waals surface area (Å²) in [6.45, 7) is 6.96. The number of carboxylic acids is 1. The molecule has 1 aliphatic rings. The Balaban J connectivity index is 2.44. The average molecular weight is 285 g/mol. The maximum Gasteiger partial charge on any atom is 0.324 e. The van der Waals surface area contributed by atoms with Crippen molar-refractivity contribution in [1.29, 1.82) is 0 Å². The summed E-state index contributed by atoms with van der Waals surface area (Å²) >= 11 is 0. The highest BCUT2D eigenvalue weighted by molar-refractivity contribution is 5.79. The van der Waals surface area contributed by atoms with Gasteiger partial charge in [-0.25, -0.2) is 0 Å². The normalized spacial score (nSPS) is 26.9. The molecule has 4 heteroatoms. The summed E-state index contributed by atoms with van der Waals surface area (Å²) in [5, 5.41) is 12.8. The van der Waals surface area contributed by atoms with Crippen LogP contribution in [0.3, 0.4) is 0 Å². The van der Waals surface area contributed by atoms with E-state index in [1.165, 1.54) is 19.3 Å². The molecule has 0 aromatic heterocycles. The van der Waals surface area contributed by atoms with Gasteiger partial charge in [0, 0.05) is 19.1 Å². The Labute approximate surface area is 123 Å². The fourth-order valence-electron chi connectivity index (χ4n) is 3.09. The van der Waals surface area contributed by atoms with Crippen LogP contribution in [0.4, 0.5) is 0 Å². The van der Waals surface area contributed by atoms with Crippen LogP contribution in [0.2, 0.25) is 0 Å². The Morgan fingerprint density at radius 1 is 1.40 bits per heavy atom. The van der Waals surface area contributed by atoms with Crippen LogP contribution in [0.1, 0.15) is 72.1 Å². The molecule has 0 spiro atoms. The number of carboxylic acid groups (broad SMARTS) is 1. The lowest BCUT2D eigenvalue weighted by Gasteiger charge is -2.39. The molecule has 118 valence electrons. The fourth-order valence-corrected chi connectivity index (χ4v) is 3.09. The molecule has 2 unspecified atom stereocenters. The summed E-state index contributed by atoms with van der Waals surface area (Å²) in [5.74, 6) is -0.731. The van der Waals surface area contributed by atoms with Crippen molar-refractivity contribution in [1.82, 2.24) is 5.32 Å². The number of ether oxygens (including phenoxy) is 1. The second-order valence-corrected chi connectivity index (χ2v) is 6.34. The summed E-state index contributed by atoms with van der Waals surface area (Å²) in [5.41, 5.74) is -0.791. The van der Waals surface area contributed by atoms with E-state index in [4.69, 9.17) is 4.74 Å². The lowest BCUT2D eigenvalue weighted by molar-refractivity contribution is -0.149. The minimum atomic E-state index is -0.791. The molecule has 2 N–H and O–H groups in total. The van der Waals surface area contributed by atoms with Crippen molar-refractivity contribution in [3.63, 3.8) is 0 Å². The zero-order chi connectivity index (χ0) is 15.0. The highest BCUT2D eigenvalue weighted by atomic mass is 16.5. The smallest absolute Gasteiger partial charge is 0.324 e. The van der Waals surface area contributed by atoms with E-state index < -0.39 is 11.5 Å². The number of hydrogen-bond donors (Lipinski definition) is 2. The molecule has 0 saturated heterocycles. The van der Waals surface area contributed by atoms with Gasteiger partial charge in [-0.1, -0.05) is 26.2 Å². The monoisotopic (exact) mass is 285 g/mol. The van der Waals surface area contributed by atoms with Gasteiger partial charge < -0.3 is 9.84 Å². The quantitative estimate of drug-likeness (QED) is 0.638. The highest BCUT2D eigenvalue weighted by Gasteiger charge is 2.43. The van der Waals surface area contributed by atoms with E-state index in [9.17, 15) is 9.90 Å². The van der Waals surface area contributed by atoms with E-state index >= 15 is 0 Å². The molecular weight excluding hydrogens is 254 g/mol. The van der Waals surface area contributed by atoms with Gasteiger partial charge in [0.15, 0.2) is 0 Å². The first kappa shape index (κ1) is 17.4. The molecule has 0 radical (unpaired) electrons. The Morgan fingerprint density at radius 3 is 2.75 bits per heavy atom. The van der Waals surface area contributed by atoms with E-state index in [-0.39, 0.29) is 12.1 Å². The summed E-state index contributed by atoms with van der Waals surface area (Å²) in [6.07, 6.45) is 8.07.